The van der Waals surface area contributed by atoms with Gasteiger partial charge in [0.25, 0.3) is 15.2 Å². The zero-order chi connectivity index (χ0) is 12.1. The summed E-state index contributed by atoms with van der Waals surface area (Å²) < 4.78 is 26.2. The fourth-order valence-electron chi connectivity index (χ4n) is 1.80. The molecule has 0 bridgehead atoms. The van der Waals surface area contributed by atoms with Crippen LogP contribution in [0.3, 0.4) is 0 Å². The summed E-state index contributed by atoms with van der Waals surface area (Å²) in [7, 11) is -3.55. The molecular formula is C10H17ClN4O2S. The van der Waals surface area contributed by atoms with E-state index in [1.807, 2.05) is 0 Å². The summed E-state index contributed by atoms with van der Waals surface area (Å²) in [6.45, 7) is 2.37. The van der Waals surface area contributed by atoms with E-state index in [0.29, 0.717) is 12.5 Å². The van der Waals surface area contributed by atoms with Crippen LogP contribution in [0.2, 0.25) is 0 Å². The molecule has 2 rings (SSSR count). The Kier molecular flexibility index (Phi) is 5.94. The Hall–Kier alpha value is -0.760. The molecule has 0 amide bonds. The molecule has 1 saturated heterocycles. The van der Waals surface area contributed by atoms with Crippen LogP contribution >= 0.6 is 12.4 Å². The van der Waals surface area contributed by atoms with E-state index in [1.54, 1.807) is 6.07 Å². The van der Waals surface area contributed by atoms with Crippen molar-refractivity contribution in [3.63, 3.8) is 0 Å². The van der Waals surface area contributed by atoms with Gasteiger partial charge in [0.05, 0.1) is 0 Å². The minimum Gasteiger partial charge on any atom is -0.317 e. The van der Waals surface area contributed by atoms with Crippen LogP contribution < -0.4 is 10.0 Å². The highest BCUT2D eigenvalue weighted by atomic mass is 35.5. The first-order valence-electron chi connectivity index (χ1n) is 5.66. The zero-order valence-corrected chi connectivity index (χ0v) is 11.5. The average molecular weight is 293 g/mol. The van der Waals surface area contributed by atoms with Crippen LogP contribution in [0.5, 0.6) is 0 Å². The van der Waals surface area contributed by atoms with Crippen LogP contribution in [0.15, 0.2) is 23.6 Å². The Bertz CT molecular complexity index is 448. The number of sulfonamides is 1. The van der Waals surface area contributed by atoms with E-state index in [4.69, 9.17) is 0 Å². The molecule has 0 unspecified atom stereocenters. The van der Waals surface area contributed by atoms with E-state index < -0.39 is 10.0 Å². The van der Waals surface area contributed by atoms with Crippen molar-refractivity contribution in [2.45, 2.75) is 18.0 Å². The molecule has 2 heterocycles. The van der Waals surface area contributed by atoms with Gasteiger partial charge in [0, 0.05) is 18.9 Å². The molecular weight excluding hydrogens is 276 g/mol. The number of nitrogens with one attached hydrogen (secondary N) is 2. The first kappa shape index (κ1) is 15.3. The van der Waals surface area contributed by atoms with Gasteiger partial charge in [-0.3, -0.25) is 0 Å². The van der Waals surface area contributed by atoms with Crippen molar-refractivity contribution in [1.29, 1.82) is 0 Å². The van der Waals surface area contributed by atoms with Gasteiger partial charge in [-0.15, -0.1) is 12.4 Å². The third-order valence-electron chi connectivity index (χ3n) is 2.80. The van der Waals surface area contributed by atoms with Crippen LogP contribution in [-0.2, 0) is 10.0 Å². The predicted octanol–water partition coefficient (Wildman–Crippen LogP) is 0.176. The highest BCUT2D eigenvalue weighted by Crippen LogP contribution is 2.11. The van der Waals surface area contributed by atoms with Gasteiger partial charge in [-0.2, -0.15) is 0 Å². The lowest BCUT2D eigenvalue weighted by Crippen LogP contribution is -2.36. The topological polar surface area (TPSA) is 84.0 Å². The fraction of sp³-hybridized carbons (Fsp3) is 0.600. The van der Waals surface area contributed by atoms with Crippen LogP contribution in [-0.4, -0.2) is 38.0 Å². The molecule has 1 aromatic heterocycles. The maximum absolute atomic E-state index is 11.8. The highest BCUT2D eigenvalue weighted by molar-refractivity contribution is 7.89. The van der Waals surface area contributed by atoms with Gasteiger partial charge in [0.1, 0.15) is 0 Å². The summed E-state index contributed by atoms with van der Waals surface area (Å²) in [5.74, 6) is 0.398. The van der Waals surface area contributed by atoms with Crippen molar-refractivity contribution in [3.8, 4) is 0 Å². The Morgan fingerprint density at radius 2 is 1.89 bits per heavy atom. The summed E-state index contributed by atoms with van der Waals surface area (Å²) in [6, 6.07) is 1.59. The van der Waals surface area contributed by atoms with Crippen LogP contribution in [0, 0.1) is 5.92 Å². The molecule has 1 fully saturated rings. The van der Waals surface area contributed by atoms with Gasteiger partial charge < -0.3 is 5.32 Å². The molecule has 0 saturated carbocycles. The Morgan fingerprint density at radius 1 is 1.28 bits per heavy atom. The fourth-order valence-corrected chi connectivity index (χ4v) is 2.79. The average Bonchev–Trinajstić information content (AvgIpc) is 2.39. The Labute approximate surface area is 113 Å². The van der Waals surface area contributed by atoms with E-state index >= 15 is 0 Å². The molecule has 8 heteroatoms. The second kappa shape index (κ2) is 6.98. The molecule has 2 N–H and O–H groups in total. The number of halogens is 1. The number of piperidine rings is 1. The lowest BCUT2D eigenvalue weighted by molar-refractivity contribution is 0.372. The summed E-state index contributed by atoms with van der Waals surface area (Å²) >= 11 is 0. The first-order valence-corrected chi connectivity index (χ1v) is 7.14. The SMILES string of the molecule is Cl.O=S(=O)(NCC1CCNCC1)c1ncccn1. The van der Waals surface area contributed by atoms with Gasteiger partial charge in [-0.1, -0.05) is 0 Å². The first-order chi connectivity index (χ1) is 8.18. The largest absolute Gasteiger partial charge is 0.317 e. The van der Waals surface area contributed by atoms with Crippen molar-refractivity contribution in [1.82, 2.24) is 20.0 Å². The van der Waals surface area contributed by atoms with Gasteiger partial charge in [-0.25, -0.2) is 23.1 Å². The maximum Gasteiger partial charge on any atom is 0.276 e. The number of aromatic nitrogens is 2. The van der Waals surface area contributed by atoms with Crippen molar-refractivity contribution in [2.75, 3.05) is 19.6 Å². The summed E-state index contributed by atoms with van der Waals surface area (Å²) in [6.07, 6.45) is 4.84. The minimum atomic E-state index is -3.55. The summed E-state index contributed by atoms with van der Waals surface area (Å²) in [5.41, 5.74) is 0. The molecule has 1 aromatic rings. The Balaban J connectivity index is 0.00000162. The van der Waals surface area contributed by atoms with Crippen molar-refractivity contribution >= 4 is 22.4 Å². The van der Waals surface area contributed by atoms with Crippen LogP contribution in [0.4, 0.5) is 0 Å². The van der Waals surface area contributed by atoms with E-state index in [1.165, 1.54) is 12.4 Å². The van der Waals surface area contributed by atoms with Crippen molar-refractivity contribution in [3.05, 3.63) is 18.5 Å². The lowest BCUT2D eigenvalue weighted by atomic mass is 9.99. The van der Waals surface area contributed by atoms with Crippen LogP contribution in [0.25, 0.3) is 0 Å². The smallest absolute Gasteiger partial charge is 0.276 e. The van der Waals surface area contributed by atoms with Gasteiger partial charge in [-0.05, 0) is 37.9 Å². The predicted molar refractivity (Wildman–Crippen MR) is 70.1 cm³/mol. The van der Waals surface area contributed by atoms with E-state index in [0.717, 1.165) is 25.9 Å². The van der Waals surface area contributed by atoms with E-state index in [2.05, 4.69) is 20.0 Å². The summed E-state index contributed by atoms with van der Waals surface area (Å²) in [4.78, 5) is 7.48. The Morgan fingerprint density at radius 3 is 2.50 bits per heavy atom. The molecule has 0 aliphatic carbocycles. The highest BCUT2D eigenvalue weighted by Gasteiger charge is 2.20. The molecule has 0 radical (unpaired) electrons. The molecule has 18 heavy (non-hydrogen) atoms. The van der Waals surface area contributed by atoms with Gasteiger partial charge in [0.2, 0.25) is 0 Å². The number of nitrogens with zero attached hydrogens (tertiary/aromatic N) is 2. The second-order valence-electron chi connectivity index (χ2n) is 4.08. The monoisotopic (exact) mass is 292 g/mol. The quantitative estimate of drug-likeness (QED) is 0.773. The molecule has 0 spiro atoms. The maximum atomic E-state index is 11.8. The molecule has 6 nitrogen and oxygen atoms in total. The molecule has 1 aliphatic rings. The van der Waals surface area contributed by atoms with Gasteiger partial charge >= 0.3 is 0 Å². The molecule has 0 aromatic carbocycles. The molecule has 0 atom stereocenters. The number of rotatable bonds is 4. The van der Waals surface area contributed by atoms with Crippen LogP contribution in [0.1, 0.15) is 12.8 Å². The second-order valence-corrected chi connectivity index (χ2v) is 5.74. The third-order valence-corrected chi connectivity index (χ3v) is 4.04. The van der Waals surface area contributed by atoms with Gasteiger partial charge in [0.15, 0.2) is 0 Å². The van der Waals surface area contributed by atoms with Crippen molar-refractivity contribution in [2.24, 2.45) is 5.92 Å². The minimum absolute atomic E-state index is 0. The number of hydrogen-bond acceptors (Lipinski definition) is 5. The van der Waals surface area contributed by atoms with E-state index in [9.17, 15) is 8.42 Å². The van der Waals surface area contributed by atoms with Crippen molar-refractivity contribution < 1.29 is 8.42 Å². The number of hydrogen-bond donors (Lipinski definition) is 2. The lowest BCUT2D eigenvalue weighted by Gasteiger charge is -2.22. The normalized spacial score (nSPS) is 17.1. The molecule has 102 valence electrons. The zero-order valence-electron chi connectivity index (χ0n) is 9.87. The standard InChI is InChI=1S/C10H16N4O2S.ClH/c15-17(16,10-12-4-1-5-13-10)14-8-9-2-6-11-7-3-9;/h1,4-5,9,11,14H,2-3,6-8H2;1H. The third kappa shape index (κ3) is 4.16. The van der Waals surface area contributed by atoms with E-state index in [-0.39, 0.29) is 17.6 Å². The molecule has 1 aliphatic heterocycles. The summed E-state index contributed by atoms with van der Waals surface area (Å²) in [5, 5.41) is 3.08.